The number of nitrogens with zero attached hydrogens (tertiary/aromatic N) is 1. The minimum atomic E-state index is 0.340. The summed E-state index contributed by atoms with van der Waals surface area (Å²) >= 11 is 5.94. The molecule has 0 aliphatic heterocycles. The van der Waals surface area contributed by atoms with Crippen LogP contribution in [0.1, 0.15) is 25.1 Å². The van der Waals surface area contributed by atoms with Gasteiger partial charge in [0, 0.05) is 17.5 Å². The van der Waals surface area contributed by atoms with Crippen molar-refractivity contribution < 1.29 is 0 Å². The molecule has 17 heavy (non-hydrogen) atoms. The van der Waals surface area contributed by atoms with E-state index in [9.17, 15) is 0 Å². The number of H-pyrrole nitrogens is 1. The summed E-state index contributed by atoms with van der Waals surface area (Å²) in [6.07, 6.45) is 4.54. The molecule has 1 unspecified atom stereocenters. The van der Waals surface area contributed by atoms with E-state index in [0.717, 1.165) is 40.6 Å². The van der Waals surface area contributed by atoms with Crippen molar-refractivity contribution in [2.24, 2.45) is 11.7 Å². The van der Waals surface area contributed by atoms with Gasteiger partial charge in [0.1, 0.15) is 5.82 Å². The highest BCUT2D eigenvalue weighted by atomic mass is 35.5. The van der Waals surface area contributed by atoms with Crippen molar-refractivity contribution in [2.45, 2.75) is 31.7 Å². The molecule has 1 aromatic carbocycles. The van der Waals surface area contributed by atoms with E-state index in [4.69, 9.17) is 17.3 Å². The second kappa shape index (κ2) is 4.31. The molecule has 4 heteroatoms. The zero-order valence-corrected chi connectivity index (χ0v) is 10.4. The van der Waals surface area contributed by atoms with Gasteiger partial charge in [0.2, 0.25) is 0 Å². The van der Waals surface area contributed by atoms with E-state index in [0.29, 0.717) is 6.04 Å². The number of rotatable bonds is 4. The van der Waals surface area contributed by atoms with Crippen molar-refractivity contribution in [3.8, 4) is 0 Å². The van der Waals surface area contributed by atoms with E-state index >= 15 is 0 Å². The summed E-state index contributed by atoms with van der Waals surface area (Å²) in [6.45, 7) is 0. The molecule has 1 aromatic heterocycles. The zero-order valence-electron chi connectivity index (χ0n) is 9.62. The molecular formula is C13H16ClN3. The highest BCUT2D eigenvalue weighted by molar-refractivity contribution is 6.31. The maximum Gasteiger partial charge on any atom is 0.107 e. The lowest BCUT2D eigenvalue weighted by Crippen LogP contribution is -2.23. The Morgan fingerprint density at radius 2 is 2.29 bits per heavy atom. The van der Waals surface area contributed by atoms with Gasteiger partial charge in [0.15, 0.2) is 0 Å². The standard InChI is InChI=1S/C13H16ClN3/c14-9-3-5-11-12(7-9)17-13(16-11)6-4-10(15)8-1-2-8/h3,5,7-8,10H,1-2,4,6,15H2,(H,16,17). The average Bonchev–Trinajstić information content (AvgIpc) is 3.07. The molecule has 0 saturated heterocycles. The van der Waals surface area contributed by atoms with Gasteiger partial charge >= 0.3 is 0 Å². The van der Waals surface area contributed by atoms with Crippen molar-refractivity contribution in [1.29, 1.82) is 0 Å². The van der Waals surface area contributed by atoms with Gasteiger partial charge < -0.3 is 10.7 Å². The van der Waals surface area contributed by atoms with Gasteiger partial charge in [-0.2, -0.15) is 0 Å². The first-order chi connectivity index (χ1) is 8.22. The molecule has 1 aliphatic carbocycles. The van der Waals surface area contributed by atoms with E-state index < -0.39 is 0 Å². The van der Waals surface area contributed by atoms with Crippen LogP contribution < -0.4 is 5.73 Å². The van der Waals surface area contributed by atoms with E-state index in [2.05, 4.69) is 9.97 Å². The van der Waals surface area contributed by atoms with Crippen molar-refractivity contribution in [2.75, 3.05) is 0 Å². The van der Waals surface area contributed by atoms with Crippen LogP contribution in [-0.4, -0.2) is 16.0 Å². The zero-order chi connectivity index (χ0) is 11.8. The Morgan fingerprint density at radius 1 is 1.47 bits per heavy atom. The minimum absolute atomic E-state index is 0.340. The number of hydrogen-bond acceptors (Lipinski definition) is 2. The molecular weight excluding hydrogens is 234 g/mol. The van der Waals surface area contributed by atoms with Crippen LogP contribution in [0, 0.1) is 5.92 Å². The van der Waals surface area contributed by atoms with Gasteiger partial charge in [-0.05, 0) is 43.4 Å². The lowest BCUT2D eigenvalue weighted by Gasteiger charge is -2.07. The molecule has 1 heterocycles. The number of halogens is 1. The minimum Gasteiger partial charge on any atom is -0.342 e. The second-order valence-corrected chi connectivity index (χ2v) is 5.32. The molecule has 0 bridgehead atoms. The Balaban J connectivity index is 1.72. The highest BCUT2D eigenvalue weighted by Gasteiger charge is 2.28. The van der Waals surface area contributed by atoms with Crippen LogP contribution in [0.3, 0.4) is 0 Å². The largest absolute Gasteiger partial charge is 0.342 e. The molecule has 3 rings (SSSR count). The quantitative estimate of drug-likeness (QED) is 0.876. The van der Waals surface area contributed by atoms with Crippen LogP contribution >= 0.6 is 11.6 Å². The molecule has 90 valence electrons. The first-order valence-corrected chi connectivity index (χ1v) is 6.50. The molecule has 1 aliphatic rings. The van der Waals surface area contributed by atoms with Gasteiger partial charge in [0.25, 0.3) is 0 Å². The summed E-state index contributed by atoms with van der Waals surface area (Å²) in [5, 5.41) is 0.738. The van der Waals surface area contributed by atoms with Crippen molar-refractivity contribution in [3.05, 3.63) is 29.0 Å². The third-order valence-electron chi connectivity index (χ3n) is 3.43. The highest BCUT2D eigenvalue weighted by Crippen LogP contribution is 2.33. The monoisotopic (exact) mass is 249 g/mol. The van der Waals surface area contributed by atoms with Crippen LogP contribution in [-0.2, 0) is 6.42 Å². The Bertz CT molecular complexity index is 530. The molecule has 0 spiro atoms. The number of aromatic nitrogens is 2. The fourth-order valence-electron chi connectivity index (χ4n) is 2.22. The molecule has 1 fully saturated rings. The van der Waals surface area contributed by atoms with E-state index in [1.165, 1.54) is 12.8 Å². The number of nitrogens with two attached hydrogens (primary N) is 1. The Labute approximate surface area is 105 Å². The van der Waals surface area contributed by atoms with Crippen molar-refractivity contribution in [1.82, 2.24) is 9.97 Å². The summed E-state index contributed by atoms with van der Waals surface area (Å²) in [6, 6.07) is 6.06. The number of imidazole rings is 1. The molecule has 1 atom stereocenters. The predicted octanol–water partition coefficient (Wildman–Crippen LogP) is 2.89. The number of hydrogen-bond donors (Lipinski definition) is 2. The van der Waals surface area contributed by atoms with Crippen molar-refractivity contribution >= 4 is 22.6 Å². The summed E-state index contributed by atoms with van der Waals surface area (Å²) in [4.78, 5) is 7.84. The number of aryl methyl sites for hydroxylation is 1. The maximum atomic E-state index is 6.08. The van der Waals surface area contributed by atoms with Gasteiger partial charge in [-0.15, -0.1) is 0 Å². The smallest absolute Gasteiger partial charge is 0.107 e. The second-order valence-electron chi connectivity index (χ2n) is 4.88. The molecule has 1 saturated carbocycles. The number of aromatic amines is 1. The van der Waals surface area contributed by atoms with Crippen LogP contribution in [0.2, 0.25) is 5.02 Å². The number of benzene rings is 1. The third kappa shape index (κ3) is 2.45. The van der Waals surface area contributed by atoms with E-state index in [-0.39, 0.29) is 0 Å². The fraction of sp³-hybridized carbons (Fsp3) is 0.462. The van der Waals surface area contributed by atoms with E-state index in [1.54, 1.807) is 0 Å². The molecule has 3 N–H and O–H groups in total. The summed E-state index contributed by atoms with van der Waals surface area (Å²) in [7, 11) is 0. The SMILES string of the molecule is NC(CCc1nc2ccc(Cl)cc2[nH]1)C1CC1. The number of fused-ring (bicyclic) bond motifs is 1. The summed E-state index contributed by atoms with van der Waals surface area (Å²) in [5.41, 5.74) is 8.07. The number of nitrogens with one attached hydrogen (secondary N) is 1. The van der Waals surface area contributed by atoms with Gasteiger partial charge in [-0.25, -0.2) is 4.98 Å². The third-order valence-corrected chi connectivity index (χ3v) is 3.67. The Hall–Kier alpha value is -1.06. The first-order valence-electron chi connectivity index (χ1n) is 6.12. The van der Waals surface area contributed by atoms with Gasteiger partial charge in [-0.3, -0.25) is 0 Å². The predicted molar refractivity (Wildman–Crippen MR) is 70.1 cm³/mol. The topological polar surface area (TPSA) is 54.7 Å². The Morgan fingerprint density at radius 3 is 3.06 bits per heavy atom. The summed E-state index contributed by atoms with van der Waals surface area (Å²) < 4.78 is 0. The molecule has 3 nitrogen and oxygen atoms in total. The van der Waals surface area contributed by atoms with Crippen LogP contribution in [0.5, 0.6) is 0 Å². The van der Waals surface area contributed by atoms with Crippen LogP contribution in [0.4, 0.5) is 0 Å². The Kier molecular flexibility index (Phi) is 2.81. The maximum absolute atomic E-state index is 6.08. The first kappa shape index (κ1) is 11.1. The van der Waals surface area contributed by atoms with Crippen molar-refractivity contribution in [3.63, 3.8) is 0 Å². The van der Waals surface area contributed by atoms with Gasteiger partial charge in [0.05, 0.1) is 11.0 Å². The van der Waals surface area contributed by atoms with E-state index in [1.807, 2.05) is 18.2 Å². The van der Waals surface area contributed by atoms with Crippen LogP contribution in [0.15, 0.2) is 18.2 Å². The average molecular weight is 250 g/mol. The van der Waals surface area contributed by atoms with Crippen LogP contribution in [0.25, 0.3) is 11.0 Å². The molecule has 2 aromatic rings. The lowest BCUT2D eigenvalue weighted by atomic mass is 10.1. The lowest BCUT2D eigenvalue weighted by molar-refractivity contribution is 0.544. The molecule has 0 radical (unpaired) electrons. The summed E-state index contributed by atoms with van der Waals surface area (Å²) in [5.74, 6) is 1.77. The van der Waals surface area contributed by atoms with Gasteiger partial charge in [-0.1, -0.05) is 11.6 Å². The normalized spacial score (nSPS) is 17.5. The molecule has 0 amide bonds. The fourth-order valence-corrected chi connectivity index (χ4v) is 2.39.